The van der Waals surface area contributed by atoms with Crippen molar-refractivity contribution in [3.63, 3.8) is 0 Å². The Kier molecular flexibility index (Phi) is 7.52. The Morgan fingerprint density at radius 2 is 2.22 bits per heavy atom. The Labute approximate surface area is 138 Å². The SMILES string of the molecule is CCC(CCO)NC(=O)CC1CN(Cc2ccccc2)CCO1. The zero-order chi connectivity index (χ0) is 16.5. The Morgan fingerprint density at radius 3 is 2.91 bits per heavy atom. The highest BCUT2D eigenvalue weighted by Crippen LogP contribution is 2.13. The summed E-state index contributed by atoms with van der Waals surface area (Å²) in [5, 5.41) is 12.0. The summed E-state index contributed by atoms with van der Waals surface area (Å²) in [6.45, 7) is 5.35. The van der Waals surface area contributed by atoms with Gasteiger partial charge in [-0.1, -0.05) is 37.3 Å². The van der Waals surface area contributed by atoms with E-state index in [0.29, 0.717) is 19.4 Å². The lowest BCUT2D eigenvalue weighted by Gasteiger charge is -2.33. The summed E-state index contributed by atoms with van der Waals surface area (Å²) in [7, 11) is 0. The minimum atomic E-state index is -0.0564. The van der Waals surface area contributed by atoms with E-state index < -0.39 is 0 Å². The Bertz CT molecular complexity index is 467. The molecule has 5 nitrogen and oxygen atoms in total. The molecule has 1 fully saturated rings. The van der Waals surface area contributed by atoms with Crippen molar-refractivity contribution in [1.29, 1.82) is 0 Å². The second kappa shape index (κ2) is 9.65. The zero-order valence-electron chi connectivity index (χ0n) is 13.9. The number of nitrogens with zero attached hydrogens (tertiary/aromatic N) is 1. The summed E-state index contributed by atoms with van der Waals surface area (Å²) in [5.74, 6) is 0.0110. The van der Waals surface area contributed by atoms with Crippen LogP contribution in [0.25, 0.3) is 0 Å². The molecule has 1 aliphatic heterocycles. The second-order valence-electron chi connectivity index (χ2n) is 6.10. The van der Waals surface area contributed by atoms with Gasteiger partial charge in [-0.15, -0.1) is 0 Å². The average Bonchev–Trinajstić information content (AvgIpc) is 2.55. The standard InChI is InChI=1S/C18H28N2O3/c1-2-16(8-10-21)19-18(22)12-17-14-20(9-11-23-17)13-15-6-4-3-5-7-15/h3-7,16-17,21H,2,8-14H2,1H3,(H,19,22). The fourth-order valence-electron chi connectivity index (χ4n) is 2.92. The number of carbonyl (C=O) groups excluding carboxylic acids is 1. The molecule has 0 aliphatic carbocycles. The molecule has 0 radical (unpaired) electrons. The van der Waals surface area contributed by atoms with Crippen molar-refractivity contribution in [2.24, 2.45) is 0 Å². The van der Waals surface area contributed by atoms with Gasteiger partial charge in [0.1, 0.15) is 0 Å². The van der Waals surface area contributed by atoms with Crippen molar-refractivity contribution in [2.75, 3.05) is 26.3 Å². The van der Waals surface area contributed by atoms with E-state index in [-0.39, 0.29) is 24.7 Å². The van der Waals surface area contributed by atoms with Crippen molar-refractivity contribution >= 4 is 5.91 Å². The van der Waals surface area contributed by atoms with Crippen molar-refractivity contribution in [2.45, 2.75) is 44.9 Å². The molecule has 0 aromatic heterocycles. The minimum absolute atomic E-state index is 0.0110. The fourth-order valence-corrected chi connectivity index (χ4v) is 2.92. The van der Waals surface area contributed by atoms with Gasteiger partial charge < -0.3 is 15.2 Å². The molecule has 128 valence electrons. The first kappa shape index (κ1) is 17.9. The Morgan fingerprint density at radius 1 is 1.43 bits per heavy atom. The van der Waals surface area contributed by atoms with Crippen molar-refractivity contribution in [3.05, 3.63) is 35.9 Å². The molecule has 2 rings (SSSR count). The molecule has 0 saturated carbocycles. The largest absolute Gasteiger partial charge is 0.396 e. The normalized spacial score (nSPS) is 20.2. The minimum Gasteiger partial charge on any atom is -0.396 e. The first-order chi connectivity index (χ1) is 11.2. The van der Waals surface area contributed by atoms with E-state index in [9.17, 15) is 4.79 Å². The quantitative estimate of drug-likeness (QED) is 0.763. The molecule has 1 aliphatic rings. The van der Waals surface area contributed by atoms with Gasteiger partial charge in [0.05, 0.1) is 19.1 Å². The van der Waals surface area contributed by atoms with Crippen LogP contribution < -0.4 is 5.32 Å². The topological polar surface area (TPSA) is 61.8 Å². The predicted molar refractivity (Wildman–Crippen MR) is 90.0 cm³/mol. The van der Waals surface area contributed by atoms with Gasteiger partial charge in [-0.2, -0.15) is 0 Å². The van der Waals surface area contributed by atoms with Crippen LogP contribution in [0.2, 0.25) is 0 Å². The number of morpholine rings is 1. The van der Waals surface area contributed by atoms with Crippen LogP contribution in [0.4, 0.5) is 0 Å². The van der Waals surface area contributed by atoms with E-state index in [0.717, 1.165) is 26.1 Å². The summed E-state index contributed by atoms with van der Waals surface area (Å²) < 4.78 is 5.74. The van der Waals surface area contributed by atoms with Crippen LogP contribution in [-0.2, 0) is 16.1 Å². The molecular weight excluding hydrogens is 292 g/mol. The van der Waals surface area contributed by atoms with Crippen LogP contribution in [-0.4, -0.2) is 54.4 Å². The summed E-state index contributed by atoms with van der Waals surface area (Å²) in [5.41, 5.74) is 1.28. The van der Waals surface area contributed by atoms with E-state index in [4.69, 9.17) is 9.84 Å². The van der Waals surface area contributed by atoms with Gasteiger partial charge in [0.15, 0.2) is 0 Å². The van der Waals surface area contributed by atoms with E-state index in [1.807, 2.05) is 25.1 Å². The molecule has 1 aromatic rings. The predicted octanol–water partition coefficient (Wildman–Crippen LogP) is 1.55. The molecular formula is C18H28N2O3. The van der Waals surface area contributed by atoms with E-state index >= 15 is 0 Å². The van der Waals surface area contributed by atoms with Crippen LogP contribution in [0, 0.1) is 0 Å². The monoisotopic (exact) mass is 320 g/mol. The number of hydrogen-bond donors (Lipinski definition) is 2. The van der Waals surface area contributed by atoms with Crippen LogP contribution in [0.5, 0.6) is 0 Å². The molecule has 5 heteroatoms. The number of nitrogens with one attached hydrogen (secondary N) is 1. The molecule has 1 heterocycles. The lowest BCUT2D eigenvalue weighted by molar-refractivity contribution is -0.127. The van der Waals surface area contributed by atoms with Crippen LogP contribution in [0.1, 0.15) is 31.7 Å². The fraction of sp³-hybridized carbons (Fsp3) is 0.611. The average molecular weight is 320 g/mol. The number of benzene rings is 1. The van der Waals surface area contributed by atoms with Gasteiger partial charge in [0.25, 0.3) is 0 Å². The third-order valence-corrected chi connectivity index (χ3v) is 4.22. The molecule has 2 N–H and O–H groups in total. The summed E-state index contributed by atoms with van der Waals surface area (Å²) in [4.78, 5) is 14.5. The highest BCUT2D eigenvalue weighted by Gasteiger charge is 2.23. The molecule has 2 unspecified atom stereocenters. The molecule has 0 spiro atoms. The summed E-state index contributed by atoms with van der Waals surface area (Å²) >= 11 is 0. The molecule has 2 atom stereocenters. The number of ether oxygens (including phenoxy) is 1. The van der Waals surface area contributed by atoms with E-state index in [1.165, 1.54) is 5.56 Å². The van der Waals surface area contributed by atoms with Gasteiger partial charge in [-0.25, -0.2) is 0 Å². The second-order valence-corrected chi connectivity index (χ2v) is 6.10. The smallest absolute Gasteiger partial charge is 0.222 e. The summed E-state index contributed by atoms with van der Waals surface area (Å²) in [6, 6.07) is 10.4. The van der Waals surface area contributed by atoms with Gasteiger partial charge >= 0.3 is 0 Å². The maximum Gasteiger partial charge on any atom is 0.222 e. The lowest BCUT2D eigenvalue weighted by Crippen LogP contribution is -2.45. The third-order valence-electron chi connectivity index (χ3n) is 4.22. The van der Waals surface area contributed by atoms with Crippen molar-refractivity contribution in [1.82, 2.24) is 10.2 Å². The first-order valence-electron chi connectivity index (χ1n) is 8.49. The van der Waals surface area contributed by atoms with Gasteiger partial charge in [-0.05, 0) is 18.4 Å². The molecule has 1 saturated heterocycles. The highest BCUT2D eigenvalue weighted by atomic mass is 16.5. The molecule has 1 aromatic carbocycles. The highest BCUT2D eigenvalue weighted by molar-refractivity contribution is 5.76. The third kappa shape index (κ3) is 6.29. The van der Waals surface area contributed by atoms with E-state index in [1.54, 1.807) is 0 Å². The van der Waals surface area contributed by atoms with Crippen LogP contribution in [0.15, 0.2) is 30.3 Å². The van der Waals surface area contributed by atoms with E-state index in [2.05, 4.69) is 22.3 Å². The number of aliphatic hydroxyl groups excluding tert-OH is 1. The number of rotatable bonds is 8. The number of hydrogen-bond acceptors (Lipinski definition) is 4. The Hall–Kier alpha value is -1.43. The number of carbonyl (C=O) groups is 1. The van der Waals surface area contributed by atoms with Gasteiger partial charge in [-0.3, -0.25) is 9.69 Å². The summed E-state index contributed by atoms with van der Waals surface area (Å²) in [6.07, 6.45) is 1.76. The lowest BCUT2D eigenvalue weighted by atomic mass is 10.1. The van der Waals surface area contributed by atoms with Crippen LogP contribution >= 0.6 is 0 Å². The molecule has 1 amide bonds. The van der Waals surface area contributed by atoms with Crippen molar-refractivity contribution in [3.8, 4) is 0 Å². The molecule has 0 bridgehead atoms. The Balaban J connectivity index is 1.78. The van der Waals surface area contributed by atoms with Crippen molar-refractivity contribution < 1.29 is 14.6 Å². The first-order valence-corrected chi connectivity index (χ1v) is 8.49. The van der Waals surface area contributed by atoms with Gasteiger partial charge in [0.2, 0.25) is 5.91 Å². The number of aliphatic hydroxyl groups is 1. The maximum atomic E-state index is 12.1. The van der Waals surface area contributed by atoms with Crippen LogP contribution in [0.3, 0.4) is 0 Å². The van der Waals surface area contributed by atoms with Gasteiger partial charge in [0, 0.05) is 32.3 Å². The zero-order valence-corrected chi connectivity index (χ0v) is 13.9. The maximum absolute atomic E-state index is 12.1. The number of amides is 1. The molecule has 23 heavy (non-hydrogen) atoms.